The van der Waals surface area contributed by atoms with Crippen LogP contribution in [0.1, 0.15) is 5.69 Å². The fourth-order valence-electron chi connectivity index (χ4n) is 1.50. The van der Waals surface area contributed by atoms with E-state index in [4.69, 9.17) is 15.7 Å². The number of aromatic nitrogens is 1. The first-order chi connectivity index (χ1) is 9.24. The summed E-state index contributed by atoms with van der Waals surface area (Å²) in [4.78, 5) is 5.03. The van der Waals surface area contributed by atoms with Crippen molar-refractivity contribution in [2.24, 2.45) is 10.9 Å². The van der Waals surface area contributed by atoms with Gasteiger partial charge in [-0.2, -0.15) is 0 Å². The van der Waals surface area contributed by atoms with E-state index in [1.807, 2.05) is 30.5 Å². The van der Waals surface area contributed by atoms with Crippen LogP contribution in [0.25, 0.3) is 0 Å². The van der Waals surface area contributed by atoms with Crippen LogP contribution in [0.15, 0.2) is 52.6 Å². The SMILES string of the molecule is CSc1ccccc1Oc1ccnc(C(N)=NO)c1. The molecule has 0 fully saturated rings. The Morgan fingerprint density at radius 1 is 1.37 bits per heavy atom. The second-order valence-electron chi connectivity index (χ2n) is 3.61. The van der Waals surface area contributed by atoms with Crippen LogP contribution in [0.2, 0.25) is 0 Å². The molecule has 1 aromatic carbocycles. The van der Waals surface area contributed by atoms with Crippen LogP contribution in [0.5, 0.6) is 11.5 Å². The summed E-state index contributed by atoms with van der Waals surface area (Å²) >= 11 is 1.60. The van der Waals surface area contributed by atoms with Crippen LogP contribution < -0.4 is 10.5 Å². The van der Waals surface area contributed by atoms with Crippen molar-refractivity contribution in [1.82, 2.24) is 4.98 Å². The summed E-state index contributed by atoms with van der Waals surface area (Å²) in [5.41, 5.74) is 5.85. The number of nitrogens with two attached hydrogens (primary N) is 1. The minimum Gasteiger partial charge on any atom is -0.456 e. The molecule has 0 unspecified atom stereocenters. The highest BCUT2D eigenvalue weighted by Crippen LogP contribution is 2.31. The van der Waals surface area contributed by atoms with Gasteiger partial charge < -0.3 is 15.7 Å². The Labute approximate surface area is 115 Å². The highest BCUT2D eigenvalue weighted by Gasteiger charge is 2.06. The molecule has 0 aliphatic heterocycles. The van der Waals surface area contributed by atoms with Gasteiger partial charge in [0.1, 0.15) is 17.2 Å². The molecule has 2 rings (SSSR count). The molecule has 2 aromatic rings. The highest BCUT2D eigenvalue weighted by molar-refractivity contribution is 7.98. The summed E-state index contributed by atoms with van der Waals surface area (Å²) in [5.74, 6) is 1.29. The summed E-state index contributed by atoms with van der Waals surface area (Å²) < 4.78 is 5.78. The van der Waals surface area contributed by atoms with Gasteiger partial charge in [-0.05, 0) is 24.5 Å². The van der Waals surface area contributed by atoms with Crippen molar-refractivity contribution < 1.29 is 9.94 Å². The second-order valence-corrected chi connectivity index (χ2v) is 4.46. The number of benzene rings is 1. The molecule has 19 heavy (non-hydrogen) atoms. The van der Waals surface area contributed by atoms with Crippen LogP contribution in [-0.2, 0) is 0 Å². The maximum atomic E-state index is 8.63. The van der Waals surface area contributed by atoms with Crippen molar-refractivity contribution in [1.29, 1.82) is 0 Å². The highest BCUT2D eigenvalue weighted by atomic mass is 32.2. The molecule has 5 nitrogen and oxygen atoms in total. The van der Waals surface area contributed by atoms with E-state index in [1.54, 1.807) is 30.1 Å². The molecule has 98 valence electrons. The molecule has 1 heterocycles. The molecule has 0 bridgehead atoms. The first-order valence-electron chi connectivity index (χ1n) is 5.49. The molecule has 0 aliphatic rings. The topological polar surface area (TPSA) is 80.7 Å². The summed E-state index contributed by atoms with van der Waals surface area (Å²) in [6, 6.07) is 11.0. The zero-order valence-corrected chi connectivity index (χ0v) is 11.1. The van der Waals surface area contributed by atoms with Gasteiger partial charge in [0, 0.05) is 17.2 Å². The smallest absolute Gasteiger partial charge is 0.188 e. The van der Waals surface area contributed by atoms with E-state index in [0.29, 0.717) is 11.4 Å². The van der Waals surface area contributed by atoms with Gasteiger partial charge in [0.25, 0.3) is 0 Å². The lowest BCUT2D eigenvalue weighted by molar-refractivity contribution is 0.318. The number of rotatable bonds is 4. The second kappa shape index (κ2) is 6.10. The molecule has 0 saturated carbocycles. The zero-order valence-electron chi connectivity index (χ0n) is 10.3. The summed E-state index contributed by atoms with van der Waals surface area (Å²) in [6.45, 7) is 0. The van der Waals surface area contributed by atoms with Crippen molar-refractivity contribution in [3.8, 4) is 11.5 Å². The van der Waals surface area contributed by atoms with E-state index in [0.717, 1.165) is 10.6 Å². The maximum Gasteiger partial charge on any atom is 0.188 e. The summed E-state index contributed by atoms with van der Waals surface area (Å²) in [6.07, 6.45) is 3.53. The number of nitrogens with zero attached hydrogens (tertiary/aromatic N) is 2. The van der Waals surface area contributed by atoms with Gasteiger partial charge in [0.15, 0.2) is 5.84 Å². The van der Waals surface area contributed by atoms with Gasteiger partial charge in [-0.15, -0.1) is 11.8 Å². The lowest BCUT2D eigenvalue weighted by atomic mass is 10.3. The zero-order chi connectivity index (χ0) is 13.7. The third kappa shape index (κ3) is 3.17. The Balaban J connectivity index is 2.28. The lowest BCUT2D eigenvalue weighted by Gasteiger charge is -2.09. The third-order valence-corrected chi connectivity index (χ3v) is 3.18. The van der Waals surface area contributed by atoms with Gasteiger partial charge in [0.2, 0.25) is 0 Å². The van der Waals surface area contributed by atoms with Gasteiger partial charge in [-0.1, -0.05) is 17.3 Å². The van der Waals surface area contributed by atoms with Crippen LogP contribution in [0.4, 0.5) is 0 Å². The largest absolute Gasteiger partial charge is 0.456 e. The standard InChI is InChI=1S/C13H13N3O2S/c1-19-12-5-3-2-4-11(12)18-9-6-7-15-10(8-9)13(14)16-17/h2-8,17H,1H3,(H2,14,16). The first kappa shape index (κ1) is 13.2. The molecular weight excluding hydrogens is 262 g/mol. The molecule has 3 N–H and O–H groups in total. The first-order valence-corrected chi connectivity index (χ1v) is 6.72. The lowest BCUT2D eigenvalue weighted by Crippen LogP contribution is -2.14. The molecule has 1 aromatic heterocycles. The van der Waals surface area contributed by atoms with E-state index in [1.165, 1.54) is 0 Å². The normalized spacial score (nSPS) is 11.3. The number of hydrogen-bond donors (Lipinski definition) is 2. The number of amidine groups is 1. The van der Waals surface area contributed by atoms with Crippen LogP contribution >= 0.6 is 11.8 Å². The van der Waals surface area contributed by atoms with Crippen molar-refractivity contribution in [3.63, 3.8) is 0 Å². The minimum atomic E-state index is -0.0522. The molecule has 6 heteroatoms. The molecule has 0 aliphatic carbocycles. The Morgan fingerprint density at radius 3 is 2.89 bits per heavy atom. The van der Waals surface area contributed by atoms with E-state index in [9.17, 15) is 0 Å². The van der Waals surface area contributed by atoms with Crippen molar-refractivity contribution in [3.05, 3.63) is 48.3 Å². The number of para-hydroxylation sites is 1. The minimum absolute atomic E-state index is 0.0522. The molecular formula is C13H13N3O2S. The number of ether oxygens (including phenoxy) is 1. The third-order valence-electron chi connectivity index (χ3n) is 2.40. The van der Waals surface area contributed by atoms with Crippen LogP contribution in [-0.4, -0.2) is 22.3 Å². The molecule has 0 atom stereocenters. The Hall–Kier alpha value is -2.21. The van der Waals surface area contributed by atoms with Crippen molar-refractivity contribution >= 4 is 17.6 Å². The predicted octanol–water partition coefficient (Wildman–Crippen LogP) is 2.69. The Bertz CT molecular complexity index is 602. The van der Waals surface area contributed by atoms with Crippen molar-refractivity contribution in [2.75, 3.05) is 6.26 Å². The fourth-order valence-corrected chi connectivity index (χ4v) is 2.02. The van der Waals surface area contributed by atoms with Gasteiger partial charge >= 0.3 is 0 Å². The molecule has 0 saturated heterocycles. The van der Waals surface area contributed by atoms with Gasteiger partial charge in [0.05, 0.1) is 0 Å². The Morgan fingerprint density at radius 2 is 2.16 bits per heavy atom. The van der Waals surface area contributed by atoms with Crippen LogP contribution in [0.3, 0.4) is 0 Å². The predicted molar refractivity (Wildman–Crippen MR) is 75.0 cm³/mol. The molecule has 0 radical (unpaired) electrons. The van der Waals surface area contributed by atoms with E-state index in [-0.39, 0.29) is 5.84 Å². The monoisotopic (exact) mass is 275 g/mol. The number of oxime groups is 1. The van der Waals surface area contributed by atoms with E-state index < -0.39 is 0 Å². The maximum absolute atomic E-state index is 8.63. The number of thioether (sulfide) groups is 1. The quantitative estimate of drug-likeness (QED) is 0.295. The van der Waals surface area contributed by atoms with Gasteiger partial charge in [-0.3, -0.25) is 4.98 Å². The Kier molecular flexibility index (Phi) is 4.25. The average Bonchev–Trinajstić information content (AvgIpc) is 2.47. The summed E-state index contributed by atoms with van der Waals surface area (Å²) in [7, 11) is 0. The van der Waals surface area contributed by atoms with Gasteiger partial charge in [-0.25, -0.2) is 0 Å². The van der Waals surface area contributed by atoms with Crippen molar-refractivity contribution in [2.45, 2.75) is 4.90 Å². The summed E-state index contributed by atoms with van der Waals surface area (Å²) in [5, 5.41) is 11.5. The van der Waals surface area contributed by atoms with E-state index in [2.05, 4.69) is 10.1 Å². The molecule has 0 spiro atoms. The average molecular weight is 275 g/mol. The van der Waals surface area contributed by atoms with E-state index >= 15 is 0 Å². The fraction of sp³-hybridized carbons (Fsp3) is 0.0769. The van der Waals surface area contributed by atoms with Crippen LogP contribution in [0, 0.1) is 0 Å². The number of hydrogen-bond acceptors (Lipinski definition) is 5. The molecule has 0 amide bonds. The number of pyridine rings is 1.